The Morgan fingerprint density at radius 1 is 1.24 bits per heavy atom. The van der Waals surface area contributed by atoms with Gasteiger partial charge in [0.15, 0.2) is 0 Å². The van der Waals surface area contributed by atoms with Crippen LogP contribution in [0.15, 0.2) is 0 Å². The van der Waals surface area contributed by atoms with E-state index in [9.17, 15) is 9.36 Å². The molecule has 0 aliphatic heterocycles. The minimum atomic E-state index is -3.33. The molecule has 0 saturated carbocycles. The van der Waals surface area contributed by atoms with Crippen LogP contribution in [-0.2, 0) is 18.4 Å². The van der Waals surface area contributed by atoms with Gasteiger partial charge < -0.3 is 5.11 Å². The predicted octanol–water partition coefficient (Wildman–Crippen LogP) is 2.40. The Balaban J connectivity index is 4.19. The molecule has 7 heteroatoms. The summed E-state index contributed by atoms with van der Waals surface area (Å²) in [4.78, 5) is 10.3. The molecule has 0 aromatic rings. The number of rotatable bonds is 9. The number of hydrogen-bond acceptors (Lipinski definition) is 4. The lowest BCUT2D eigenvalue weighted by Crippen LogP contribution is -2.21. The van der Waals surface area contributed by atoms with E-state index >= 15 is 0 Å². The largest absolute Gasteiger partial charge is 0.481 e. The van der Waals surface area contributed by atoms with Crippen molar-refractivity contribution >= 4 is 13.7 Å². The van der Waals surface area contributed by atoms with E-state index in [1.54, 1.807) is 27.7 Å². The molecule has 102 valence electrons. The summed E-state index contributed by atoms with van der Waals surface area (Å²) < 4.78 is 22.6. The molecule has 0 saturated heterocycles. The maximum absolute atomic E-state index is 12.2. The Morgan fingerprint density at radius 2 is 1.71 bits per heavy atom. The van der Waals surface area contributed by atoms with Crippen molar-refractivity contribution in [3.63, 3.8) is 0 Å². The van der Waals surface area contributed by atoms with E-state index in [-0.39, 0.29) is 25.2 Å². The zero-order valence-corrected chi connectivity index (χ0v) is 11.7. The van der Waals surface area contributed by atoms with Crippen LogP contribution in [0.5, 0.6) is 0 Å². The van der Waals surface area contributed by atoms with E-state index in [1.165, 1.54) is 0 Å². The third kappa shape index (κ3) is 9.30. The highest BCUT2D eigenvalue weighted by Gasteiger charge is 2.26. The molecule has 0 rings (SSSR count). The SMILES string of the molecule is CC(C)OP(=O)(NCCCC(=O)O)OC(C)C. The second-order valence-electron chi connectivity index (χ2n) is 4.21. The fourth-order valence-corrected chi connectivity index (χ4v) is 2.85. The van der Waals surface area contributed by atoms with Crippen LogP contribution >= 0.6 is 7.75 Å². The van der Waals surface area contributed by atoms with Crippen LogP contribution in [0, 0.1) is 0 Å². The van der Waals surface area contributed by atoms with Gasteiger partial charge in [-0.1, -0.05) is 0 Å². The standard InChI is InChI=1S/C10H22NO5P/c1-8(2)15-17(14,16-9(3)4)11-7-5-6-10(12)13/h8-9H,5-7H2,1-4H3,(H,11,14)(H,12,13). The lowest BCUT2D eigenvalue weighted by molar-refractivity contribution is -0.137. The first kappa shape index (κ1) is 16.6. The third-order valence-electron chi connectivity index (χ3n) is 1.57. The molecule has 0 bridgehead atoms. The highest BCUT2D eigenvalue weighted by Crippen LogP contribution is 2.46. The molecule has 0 amide bonds. The second-order valence-corrected chi connectivity index (χ2v) is 5.94. The molecular weight excluding hydrogens is 245 g/mol. The van der Waals surface area contributed by atoms with Crippen LogP contribution in [0.4, 0.5) is 0 Å². The first-order valence-electron chi connectivity index (χ1n) is 5.69. The Bertz CT molecular complexity index is 266. The number of aliphatic carboxylic acids is 1. The molecule has 0 aliphatic carbocycles. The van der Waals surface area contributed by atoms with E-state index in [2.05, 4.69) is 5.09 Å². The van der Waals surface area contributed by atoms with Crippen LogP contribution in [0.25, 0.3) is 0 Å². The van der Waals surface area contributed by atoms with Crippen molar-refractivity contribution in [2.24, 2.45) is 0 Å². The molecular formula is C10H22NO5P. The van der Waals surface area contributed by atoms with Gasteiger partial charge in [0, 0.05) is 13.0 Å². The monoisotopic (exact) mass is 267 g/mol. The van der Waals surface area contributed by atoms with E-state index in [4.69, 9.17) is 14.2 Å². The molecule has 0 atom stereocenters. The summed E-state index contributed by atoms with van der Waals surface area (Å²) >= 11 is 0. The number of carbonyl (C=O) groups is 1. The van der Waals surface area contributed by atoms with Crippen molar-refractivity contribution in [2.75, 3.05) is 6.54 Å². The average molecular weight is 267 g/mol. The minimum absolute atomic E-state index is 0.0242. The summed E-state index contributed by atoms with van der Waals surface area (Å²) in [7, 11) is -3.33. The lowest BCUT2D eigenvalue weighted by atomic mass is 10.3. The zero-order chi connectivity index (χ0) is 13.5. The summed E-state index contributed by atoms with van der Waals surface area (Å²) in [5, 5.41) is 11.1. The Hall–Kier alpha value is -0.420. The maximum Gasteiger partial charge on any atom is 0.406 e. The molecule has 0 spiro atoms. The lowest BCUT2D eigenvalue weighted by Gasteiger charge is -2.23. The normalized spacial score (nSPS) is 12.4. The van der Waals surface area contributed by atoms with Gasteiger partial charge >= 0.3 is 13.7 Å². The summed E-state index contributed by atoms with van der Waals surface area (Å²) in [6, 6.07) is 0. The third-order valence-corrected chi connectivity index (χ3v) is 3.58. The van der Waals surface area contributed by atoms with Crippen LogP contribution in [0.2, 0.25) is 0 Å². The highest BCUT2D eigenvalue weighted by molar-refractivity contribution is 7.51. The van der Waals surface area contributed by atoms with Crippen molar-refractivity contribution in [3.8, 4) is 0 Å². The minimum Gasteiger partial charge on any atom is -0.481 e. The highest BCUT2D eigenvalue weighted by atomic mass is 31.2. The van der Waals surface area contributed by atoms with Crippen LogP contribution in [0.1, 0.15) is 40.5 Å². The average Bonchev–Trinajstić information content (AvgIpc) is 2.09. The van der Waals surface area contributed by atoms with Gasteiger partial charge in [0.25, 0.3) is 0 Å². The first-order valence-corrected chi connectivity index (χ1v) is 7.23. The van der Waals surface area contributed by atoms with Crippen LogP contribution in [-0.4, -0.2) is 29.8 Å². The number of carboxylic acid groups (broad SMARTS) is 1. The Kier molecular flexibility index (Phi) is 7.63. The van der Waals surface area contributed by atoms with E-state index < -0.39 is 13.7 Å². The summed E-state index contributed by atoms with van der Waals surface area (Å²) in [6.07, 6.45) is -0.0587. The fraction of sp³-hybridized carbons (Fsp3) is 0.900. The van der Waals surface area contributed by atoms with Gasteiger partial charge in [-0.05, 0) is 34.1 Å². The van der Waals surface area contributed by atoms with Gasteiger partial charge in [-0.2, -0.15) is 0 Å². The Labute approximate surface area is 102 Å². The van der Waals surface area contributed by atoms with E-state index in [0.717, 1.165) is 0 Å². The summed E-state index contributed by atoms with van der Waals surface area (Å²) in [5.41, 5.74) is 0. The molecule has 6 nitrogen and oxygen atoms in total. The topological polar surface area (TPSA) is 84.9 Å². The first-order chi connectivity index (χ1) is 7.75. The van der Waals surface area contributed by atoms with E-state index in [1.807, 2.05) is 0 Å². The second kappa shape index (κ2) is 7.82. The molecule has 0 fully saturated rings. The van der Waals surface area contributed by atoms with Crippen LogP contribution < -0.4 is 5.09 Å². The van der Waals surface area contributed by atoms with Gasteiger partial charge in [0.2, 0.25) is 0 Å². The van der Waals surface area contributed by atoms with Crippen molar-refractivity contribution < 1.29 is 23.5 Å². The number of hydrogen-bond donors (Lipinski definition) is 2. The molecule has 17 heavy (non-hydrogen) atoms. The van der Waals surface area contributed by atoms with Crippen molar-refractivity contribution in [1.82, 2.24) is 5.09 Å². The van der Waals surface area contributed by atoms with Crippen molar-refractivity contribution in [2.45, 2.75) is 52.7 Å². The molecule has 0 aliphatic rings. The summed E-state index contributed by atoms with van der Waals surface area (Å²) in [5.74, 6) is -0.879. The summed E-state index contributed by atoms with van der Waals surface area (Å²) in [6.45, 7) is 7.32. The van der Waals surface area contributed by atoms with Gasteiger partial charge in [0.1, 0.15) is 0 Å². The van der Waals surface area contributed by atoms with Gasteiger partial charge in [-0.3, -0.25) is 13.8 Å². The molecule has 0 radical (unpaired) electrons. The van der Waals surface area contributed by atoms with Crippen LogP contribution in [0.3, 0.4) is 0 Å². The van der Waals surface area contributed by atoms with E-state index in [0.29, 0.717) is 6.42 Å². The smallest absolute Gasteiger partial charge is 0.406 e. The molecule has 0 unspecified atom stereocenters. The molecule has 0 aromatic heterocycles. The number of nitrogens with one attached hydrogen (secondary N) is 1. The van der Waals surface area contributed by atoms with Gasteiger partial charge in [-0.25, -0.2) is 9.65 Å². The van der Waals surface area contributed by atoms with Gasteiger partial charge in [0.05, 0.1) is 12.2 Å². The van der Waals surface area contributed by atoms with Crippen molar-refractivity contribution in [3.05, 3.63) is 0 Å². The quantitative estimate of drug-likeness (QED) is 0.493. The maximum atomic E-state index is 12.2. The molecule has 0 heterocycles. The van der Waals surface area contributed by atoms with Gasteiger partial charge in [-0.15, -0.1) is 0 Å². The zero-order valence-electron chi connectivity index (χ0n) is 10.8. The number of carboxylic acids is 1. The molecule has 2 N–H and O–H groups in total. The fourth-order valence-electron chi connectivity index (χ4n) is 1.11. The molecule has 0 aromatic carbocycles. The Morgan fingerprint density at radius 3 is 2.06 bits per heavy atom. The van der Waals surface area contributed by atoms with Crippen molar-refractivity contribution in [1.29, 1.82) is 0 Å². The predicted molar refractivity (Wildman–Crippen MR) is 64.9 cm³/mol.